The molecule has 1 N–H and O–H groups in total. The van der Waals surface area contributed by atoms with E-state index in [2.05, 4.69) is 39.9 Å². The average molecular weight is 269 g/mol. The Bertz CT molecular complexity index is 236. The summed E-state index contributed by atoms with van der Waals surface area (Å²) in [6, 6.07) is 0. The molecule has 0 aliphatic heterocycles. The third-order valence-corrected chi connectivity index (χ3v) is 4.61. The van der Waals surface area contributed by atoms with Gasteiger partial charge in [-0.2, -0.15) is 0 Å². The maximum Gasteiger partial charge on any atom is 0.0806 e. The lowest BCUT2D eigenvalue weighted by Crippen LogP contribution is -2.47. The molecule has 0 atom stereocenters. The van der Waals surface area contributed by atoms with Gasteiger partial charge in [-0.3, -0.25) is 0 Å². The lowest BCUT2D eigenvalue weighted by molar-refractivity contribution is -0.0841. The monoisotopic (exact) mass is 269 g/mol. The number of nitrogens with one attached hydrogen (secondary N) is 1. The molecule has 1 saturated carbocycles. The highest BCUT2D eigenvalue weighted by Gasteiger charge is 2.39. The van der Waals surface area contributed by atoms with E-state index in [-0.39, 0.29) is 5.60 Å². The molecule has 0 aromatic heterocycles. The second kappa shape index (κ2) is 7.64. The summed E-state index contributed by atoms with van der Waals surface area (Å²) in [6.45, 7) is 14.6. The van der Waals surface area contributed by atoms with E-state index >= 15 is 0 Å². The predicted molar refractivity (Wildman–Crippen MR) is 83.5 cm³/mol. The molecule has 1 fully saturated rings. The highest BCUT2D eigenvalue weighted by atomic mass is 16.5. The minimum atomic E-state index is 0.118. The van der Waals surface area contributed by atoms with E-state index in [1.54, 1.807) is 0 Å². The van der Waals surface area contributed by atoms with Gasteiger partial charge < -0.3 is 10.1 Å². The lowest BCUT2D eigenvalue weighted by Gasteiger charge is -2.44. The van der Waals surface area contributed by atoms with Crippen LogP contribution in [0.3, 0.4) is 0 Å². The largest absolute Gasteiger partial charge is 0.374 e. The lowest BCUT2D eigenvalue weighted by atomic mass is 9.68. The van der Waals surface area contributed by atoms with Gasteiger partial charge in [-0.15, -0.1) is 0 Å². The summed E-state index contributed by atoms with van der Waals surface area (Å²) < 4.78 is 6.26. The Morgan fingerprint density at radius 3 is 2.21 bits per heavy atom. The Hall–Kier alpha value is -0.0800. The summed E-state index contributed by atoms with van der Waals surface area (Å²) in [5, 5.41) is 3.58. The first-order valence-electron chi connectivity index (χ1n) is 8.28. The van der Waals surface area contributed by atoms with Gasteiger partial charge in [0.1, 0.15) is 0 Å². The van der Waals surface area contributed by atoms with E-state index in [9.17, 15) is 0 Å². The molecule has 0 heterocycles. The van der Waals surface area contributed by atoms with E-state index in [1.807, 2.05) is 0 Å². The first-order valence-corrected chi connectivity index (χ1v) is 8.28. The maximum absolute atomic E-state index is 6.26. The molecule has 1 aliphatic carbocycles. The first kappa shape index (κ1) is 17.0. The van der Waals surface area contributed by atoms with Crippen molar-refractivity contribution < 1.29 is 4.74 Å². The molecule has 0 unspecified atom stereocenters. The van der Waals surface area contributed by atoms with Gasteiger partial charge >= 0.3 is 0 Å². The van der Waals surface area contributed by atoms with Crippen molar-refractivity contribution in [3.8, 4) is 0 Å². The van der Waals surface area contributed by atoms with Crippen LogP contribution in [-0.2, 0) is 4.74 Å². The summed E-state index contributed by atoms with van der Waals surface area (Å²) in [7, 11) is 0. The van der Waals surface area contributed by atoms with Crippen LogP contribution in [0.15, 0.2) is 0 Å². The zero-order valence-corrected chi connectivity index (χ0v) is 13.8. The summed E-state index contributed by atoms with van der Waals surface area (Å²) in [5.41, 5.74) is 0.570. The Morgan fingerprint density at radius 2 is 1.74 bits per heavy atom. The van der Waals surface area contributed by atoms with Crippen molar-refractivity contribution in [2.75, 3.05) is 19.7 Å². The molecular weight excluding hydrogens is 234 g/mol. The standard InChI is InChI=1S/C17H35NO/c1-6-12-18-14-17(19-13-7-2)10-8-15(9-11-17)16(3,4)5/h15,18H,6-14H2,1-5H3. The highest BCUT2D eigenvalue weighted by molar-refractivity contribution is 4.92. The number of hydrogen-bond donors (Lipinski definition) is 1. The number of rotatable bonds is 7. The van der Waals surface area contributed by atoms with E-state index < -0.39 is 0 Å². The Morgan fingerprint density at radius 1 is 1.11 bits per heavy atom. The third kappa shape index (κ3) is 5.43. The van der Waals surface area contributed by atoms with Crippen molar-refractivity contribution in [2.24, 2.45) is 11.3 Å². The minimum Gasteiger partial charge on any atom is -0.374 e. The van der Waals surface area contributed by atoms with Crippen LogP contribution < -0.4 is 5.32 Å². The molecule has 0 aromatic carbocycles. The van der Waals surface area contributed by atoms with E-state index in [1.165, 1.54) is 32.1 Å². The van der Waals surface area contributed by atoms with Crippen LogP contribution in [0.2, 0.25) is 0 Å². The Labute approximate surface area is 120 Å². The van der Waals surface area contributed by atoms with Crippen LogP contribution in [0, 0.1) is 11.3 Å². The van der Waals surface area contributed by atoms with Crippen LogP contribution >= 0.6 is 0 Å². The topological polar surface area (TPSA) is 21.3 Å². The molecular formula is C17H35NO. The molecule has 2 nitrogen and oxygen atoms in total. The van der Waals surface area contributed by atoms with Crippen LogP contribution in [0.4, 0.5) is 0 Å². The second-order valence-corrected chi connectivity index (χ2v) is 7.35. The van der Waals surface area contributed by atoms with Gasteiger partial charge in [-0.05, 0) is 56.4 Å². The third-order valence-electron chi connectivity index (χ3n) is 4.61. The van der Waals surface area contributed by atoms with Crippen LogP contribution in [0.5, 0.6) is 0 Å². The second-order valence-electron chi connectivity index (χ2n) is 7.35. The normalized spacial score (nSPS) is 28.6. The quantitative estimate of drug-likeness (QED) is 0.692. The van der Waals surface area contributed by atoms with Crippen LogP contribution in [-0.4, -0.2) is 25.3 Å². The Balaban J connectivity index is 2.53. The zero-order chi connectivity index (χ0) is 14.4. The number of hydrogen-bond acceptors (Lipinski definition) is 2. The molecule has 0 saturated heterocycles. The zero-order valence-electron chi connectivity index (χ0n) is 13.8. The Kier molecular flexibility index (Phi) is 6.82. The molecule has 0 aromatic rings. The molecule has 0 spiro atoms. The molecule has 0 radical (unpaired) electrons. The fourth-order valence-corrected chi connectivity index (χ4v) is 3.19. The van der Waals surface area contributed by atoms with Crippen molar-refractivity contribution in [1.82, 2.24) is 5.32 Å². The molecule has 2 heteroatoms. The summed E-state index contributed by atoms with van der Waals surface area (Å²) in [6.07, 6.45) is 7.42. The smallest absolute Gasteiger partial charge is 0.0806 e. The van der Waals surface area contributed by atoms with E-state index in [0.29, 0.717) is 5.41 Å². The predicted octanol–water partition coefficient (Wildman–Crippen LogP) is 4.39. The molecule has 0 amide bonds. The van der Waals surface area contributed by atoms with Gasteiger partial charge in [-0.1, -0.05) is 34.6 Å². The van der Waals surface area contributed by atoms with Crippen molar-refractivity contribution in [1.29, 1.82) is 0 Å². The van der Waals surface area contributed by atoms with Crippen molar-refractivity contribution in [2.45, 2.75) is 78.7 Å². The van der Waals surface area contributed by atoms with Crippen LogP contribution in [0.1, 0.15) is 73.1 Å². The average Bonchev–Trinajstić information content (AvgIpc) is 2.36. The van der Waals surface area contributed by atoms with Gasteiger partial charge in [-0.25, -0.2) is 0 Å². The fraction of sp³-hybridized carbons (Fsp3) is 1.00. The van der Waals surface area contributed by atoms with Gasteiger partial charge in [0.2, 0.25) is 0 Å². The summed E-state index contributed by atoms with van der Waals surface area (Å²) >= 11 is 0. The molecule has 1 aliphatic rings. The maximum atomic E-state index is 6.26. The number of ether oxygens (including phenoxy) is 1. The molecule has 1 rings (SSSR count). The van der Waals surface area contributed by atoms with Gasteiger partial charge in [0.15, 0.2) is 0 Å². The highest BCUT2D eigenvalue weighted by Crippen LogP contribution is 2.42. The van der Waals surface area contributed by atoms with Gasteiger partial charge in [0.05, 0.1) is 5.60 Å². The van der Waals surface area contributed by atoms with Crippen molar-refractivity contribution in [3.05, 3.63) is 0 Å². The SMILES string of the molecule is CCCNCC1(OCCC)CCC(C(C)(C)C)CC1. The minimum absolute atomic E-state index is 0.118. The summed E-state index contributed by atoms with van der Waals surface area (Å²) in [5.74, 6) is 0.858. The fourth-order valence-electron chi connectivity index (χ4n) is 3.19. The molecule has 114 valence electrons. The molecule has 0 bridgehead atoms. The van der Waals surface area contributed by atoms with Crippen molar-refractivity contribution >= 4 is 0 Å². The van der Waals surface area contributed by atoms with Crippen LogP contribution in [0.25, 0.3) is 0 Å². The van der Waals surface area contributed by atoms with Gasteiger partial charge in [0, 0.05) is 13.2 Å². The van der Waals surface area contributed by atoms with E-state index in [0.717, 1.165) is 32.0 Å². The molecule has 19 heavy (non-hydrogen) atoms. The first-order chi connectivity index (χ1) is 8.93. The van der Waals surface area contributed by atoms with Gasteiger partial charge in [0.25, 0.3) is 0 Å². The summed E-state index contributed by atoms with van der Waals surface area (Å²) in [4.78, 5) is 0. The van der Waals surface area contributed by atoms with E-state index in [4.69, 9.17) is 4.74 Å². The van der Waals surface area contributed by atoms with Crippen molar-refractivity contribution in [3.63, 3.8) is 0 Å².